The van der Waals surface area contributed by atoms with Gasteiger partial charge in [-0.05, 0) is 55.3 Å². The van der Waals surface area contributed by atoms with Crippen LogP contribution >= 0.6 is 0 Å². The largest absolute Gasteiger partial charge is 0.348 e. The van der Waals surface area contributed by atoms with Gasteiger partial charge in [0, 0.05) is 12.4 Å². The van der Waals surface area contributed by atoms with Crippen LogP contribution in [0.2, 0.25) is 0 Å². The van der Waals surface area contributed by atoms with Crippen molar-refractivity contribution in [3.8, 4) is 0 Å². The molecule has 3 heteroatoms. The number of rotatable bonds is 2. The molecule has 2 aliphatic rings. The normalized spacial score (nSPS) is 21.2. The molecular weight excluding hydrogens is 246 g/mol. The molecule has 1 fully saturated rings. The van der Waals surface area contributed by atoms with Crippen molar-refractivity contribution in [2.24, 2.45) is 0 Å². The summed E-state index contributed by atoms with van der Waals surface area (Å²) in [6.45, 7) is 3.34. The number of aromatic nitrogens is 2. The van der Waals surface area contributed by atoms with Crippen LogP contribution in [0.5, 0.6) is 0 Å². The zero-order chi connectivity index (χ0) is 13.4. The van der Waals surface area contributed by atoms with Gasteiger partial charge in [0.25, 0.3) is 0 Å². The fraction of sp³-hybridized carbons (Fsp3) is 0.471. The second-order valence-corrected chi connectivity index (χ2v) is 6.25. The van der Waals surface area contributed by atoms with Crippen LogP contribution < -0.4 is 0 Å². The van der Waals surface area contributed by atoms with Crippen molar-refractivity contribution >= 4 is 0 Å². The first-order valence-corrected chi connectivity index (χ1v) is 7.65. The molecule has 0 unspecified atom stereocenters. The molecule has 3 nitrogen and oxygen atoms in total. The van der Waals surface area contributed by atoms with Gasteiger partial charge in [-0.25, -0.2) is 4.98 Å². The molecule has 0 atom stereocenters. The SMILES string of the molecule is c1ccc2c(c1)CCC21CCN(Cc2ncc[nH]2)CC1. The van der Waals surface area contributed by atoms with Crippen molar-refractivity contribution in [1.82, 2.24) is 14.9 Å². The predicted molar refractivity (Wildman–Crippen MR) is 79.5 cm³/mol. The van der Waals surface area contributed by atoms with Gasteiger partial charge in [-0.3, -0.25) is 4.90 Å². The summed E-state index contributed by atoms with van der Waals surface area (Å²) in [6.07, 6.45) is 8.96. The molecule has 1 aliphatic carbocycles. The minimum absolute atomic E-state index is 0.469. The van der Waals surface area contributed by atoms with Crippen LogP contribution in [-0.2, 0) is 18.4 Å². The summed E-state index contributed by atoms with van der Waals surface area (Å²) in [5.41, 5.74) is 3.70. The van der Waals surface area contributed by atoms with Gasteiger partial charge in [-0.1, -0.05) is 24.3 Å². The van der Waals surface area contributed by atoms with Crippen molar-refractivity contribution < 1.29 is 0 Å². The molecule has 1 aromatic carbocycles. The number of likely N-dealkylation sites (tertiary alicyclic amines) is 1. The molecule has 0 radical (unpaired) electrons. The zero-order valence-corrected chi connectivity index (χ0v) is 11.8. The van der Waals surface area contributed by atoms with Gasteiger partial charge in [-0.15, -0.1) is 0 Å². The predicted octanol–water partition coefficient (Wildman–Crippen LogP) is 2.89. The Morgan fingerprint density at radius 3 is 2.80 bits per heavy atom. The fourth-order valence-corrected chi connectivity index (χ4v) is 4.02. The lowest BCUT2D eigenvalue weighted by Crippen LogP contribution is -2.41. The first-order valence-electron chi connectivity index (χ1n) is 7.65. The van der Waals surface area contributed by atoms with Gasteiger partial charge < -0.3 is 4.98 Å². The monoisotopic (exact) mass is 267 g/mol. The maximum atomic E-state index is 4.34. The maximum absolute atomic E-state index is 4.34. The topological polar surface area (TPSA) is 31.9 Å². The number of aromatic amines is 1. The molecule has 0 bridgehead atoms. The summed E-state index contributed by atoms with van der Waals surface area (Å²) in [5, 5.41) is 0. The molecule has 0 amide bonds. The smallest absolute Gasteiger partial charge is 0.120 e. The number of H-pyrrole nitrogens is 1. The van der Waals surface area contributed by atoms with Crippen molar-refractivity contribution in [2.45, 2.75) is 37.6 Å². The number of hydrogen-bond donors (Lipinski definition) is 1. The molecule has 1 aromatic heterocycles. The van der Waals surface area contributed by atoms with Crippen molar-refractivity contribution in [3.05, 3.63) is 53.6 Å². The van der Waals surface area contributed by atoms with E-state index in [1.54, 1.807) is 11.1 Å². The van der Waals surface area contributed by atoms with E-state index in [1.165, 1.54) is 38.8 Å². The van der Waals surface area contributed by atoms with Crippen LogP contribution in [0.1, 0.15) is 36.2 Å². The Balaban J connectivity index is 1.47. The third-order valence-corrected chi connectivity index (χ3v) is 5.20. The molecule has 104 valence electrons. The third-order valence-electron chi connectivity index (χ3n) is 5.20. The summed E-state index contributed by atoms with van der Waals surface area (Å²) in [5.74, 6) is 1.09. The summed E-state index contributed by atoms with van der Waals surface area (Å²) in [6, 6.07) is 9.08. The quantitative estimate of drug-likeness (QED) is 0.907. The van der Waals surface area contributed by atoms with Gasteiger partial charge in [0.15, 0.2) is 0 Å². The van der Waals surface area contributed by atoms with Crippen molar-refractivity contribution in [3.63, 3.8) is 0 Å². The molecule has 2 heterocycles. The second-order valence-electron chi connectivity index (χ2n) is 6.25. The van der Waals surface area contributed by atoms with Crippen LogP contribution in [0, 0.1) is 0 Å². The van der Waals surface area contributed by atoms with Gasteiger partial charge >= 0.3 is 0 Å². The maximum Gasteiger partial charge on any atom is 0.120 e. The Kier molecular flexibility index (Phi) is 2.88. The molecule has 1 saturated heterocycles. The van der Waals surface area contributed by atoms with Crippen LogP contribution in [0.3, 0.4) is 0 Å². The van der Waals surface area contributed by atoms with E-state index in [1.807, 2.05) is 12.4 Å². The highest BCUT2D eigenvalue weighted by atomic mass is 15.2. The molecule has 0 saturated carbocycles. The highest BCUT2D eigenvalue weighted by molar-refractivity contribution is 5.39. The number of benzene rings is 1. The van der Waals surface area contributed by atoms with Crippen LogP contribution in [0.15, 0.2) is 36.7 Å². The average Bonchev–Trinajstić information content (AvgIpc) is 3.11. The van der Waals surface area contributed by atoms with Gasteiger partial charge in [0.1, 0.15) is 5.82 Å². The van der Waals surface area contributed by atoms with Gasteiger partial charge in [0.2, 0.25) is 0 Å². The lowest BCUT2D eigenvalue weighted by Gasteiger charge is -2.40. The molecule has 1 aliphatic heterocycles. The highest BCUT2D eigenvalue weighted by Crippen LogP contribution is 2.46. The molecule has 1 spiro atoms. The second kappa shape index (κ2) is 4.74. The number of fused-ring (bicyclic) bond motifs is 2. The molecule has 20 heavy (non-hydrogen) atoms. The Hall–Kier alpha value is -1.61. The van der Waals surface area contributed by atoms with Crippen LogP contribution in [0.4, 0.5) is 0 Å². The number of hydrogen-bond acceptors (Lipinski definition) is 2. The number of nitrogens with one attached hydrogen (secondary N) is 1. The van der Waals surface area contributed by atoms with Crippen LogP contribution in [-0.4, -0.2) is 28.0 Å². The first kappa shape index (κ1) is 12.2. The minimum atomic E-state index is 0.469. The van der Waals surface area contributed by atoms with Crippen molar-refractivity contribution in [2.75, 3.05) is 13.1 Å². The number of imidazole rings is 1. The molecule has 2 aromatic rings. The summed E-state index contributed by atoms with van der Waals surface area (Å²) in [4.78, 5) is 10.1. The highest BCUT2D eigenvalue weighted by Gasteiger charge is 2.40. The number of nitrogens with zero attached hydrogens (tertiary/aromatic N) is 2. The zero-order valence-electron chi connectivity index (χ0n) is 11.8. The van der Waals surface area contributed by atoms with E-state index in [0.717, 1.165) is 12.4 Å². The number of piperidine rings is 1. The molecule has 4 rings (SSSR count). The van der Waals surface area contributed by atoms with E-state index in [2.05, 4.69) is 39.1 Å². The van der Waals surface area contributed by atoms with E-state index < -0.39 is 0 Å². The molecular formula is C17H21N3. The lowest BCUT2D eigenvalue weighted by molar-refractivity contribution is 0.149. The third kappa shape index (κ3) is 1.97. The molecule has 1 N–H and O–H groups in total. The van der Waals surface area contributed by atoms with Gasteiger partial charge in [-0.2, -0.15) is 0 Å². The van der Waals surface area contributed by atoms with Crippen molar-refractivity contribution in [1.29, 1.82) is 0 Å². The van der Waals surface area contributed by atoms with E-state index >= 15 is 0 Å². The van der Waals surface area contributed by atoms with Crippen LogP contribution in [0.25, 0.3) is 0 Å². The summed E-state index contributed by atoms with van der Waals surface area (Å²) in [7, 11) is 0. The Morgan fingerprint density at radius 2 is 2.00 bits per heavy atom. The summed E-state index contributed by atoms with van der Waals surface area (Å²) < 4.78 is 0. The Labute approximate surface area is 120 Å². The van der Waals surface area contributed by atoms with E-state index in [-0.39, 0.29) is 0 Å². The number of aryl methyl sites for hydroxylation is 1. The first-order chi connectivity index (χ1) is 9.86. The standard InChI is InChI=1S/C17H21N3/c1-2-4-15-14(3-1)5-6-17(15)7-11-20(12-8-17)13-16-18-9-10-19-16/h1-4,9-10H,5-8,11-13H2,(H,18,19). The van der Waals surface area contributed by atoms with E-state index in [0.29, 0.717) is 5.41 Å². The Bertz CT molecular complexity index is 580. The Morgan fingerprint density at radius 1 is 1.15 bits per heavy atom. The average molecular weight is 267 g/mol. The fourth-order valence-electron chi connectivity index (χ4n) is 4.02. The van der Waals surface area contributed by atoms with Gasteiger partial charge in [0.05, 0.1) is 6.54 Å². The van der Waals surface area contributed by atoms with E-state index in [4.69, 9.17) is 0 Å². The van der Waals surface area contributed by atoms with E-state index in [9.17, 15) is 0 Å². The minimum Gasteiger partial charge on any atom is -0.348 e. The summed E-state index contributed by atoms with van der Waals surface area (Å²) >= 11 is 0. The lowest BCUT2D eigenvalue weighted by atomic mass is 9.74.